The highest BCUT2D eigenvalue weighted by atomic mass is 32.1. The second-order valence-electron chi connectivity index (χ2n) is 4.88. The fourth-order valence-electron chi connectivity index (χ4n) is 1.38. The molecule has 0 unspecified atom stereocenters. The number of hydrogen-bond acceptors (Lipinski definition) is 4. The normalized spacial score (nSPS) is 12.0. The van der Waals surface area contributed by atoms with Gasteiger partial charge in [-0.05, 0) is 20.3 Å². The van der Waals surface area contributed by atoms with Gasteiger partial charge in [-0.25, -0.2) is 9.78 Å². The second-order valence-corrected chi connectivity index (χ2v) is 5.91. The average Bonchev–Trinajstić information content (AvgIpc) is 2.73. The summed E-state index contributed by atoms with van der Waals surface area (Å²) in [7, 11) is 0. The van der Waals surface area contributed by atoms with Gasteiger partial charge in [0.05, 0.1) is 6.20 Å². The molecule has 0 radical (unpaired) electrons. The van der Waals surface area contributed by atoms with E-state index in [-0.39, 0.29) is 18.0 Å². The van der Waals surface area contributed by atoms with Crippen LogP contribution in [0.4, 0.5) is 23.1 Å². The highest BCUT2D eigenvalue weighted by Gasteiger charge is 2.33. The smallest absolute Gasteiger partial charge is 0.427 e. The SMILES string of the molecule is CC(C)(CCC(=O)O)NC(=O)Nc1ncc(C(F)(F)F)s1. The molecule has 0 saturated carbocycles. The zero-order chi connectivity index (χ0) is 16.3. The lowest BCUT2D eigenvalue weighted by atomic mass is 9.99. The summed E-state index contributed by atoms with van der Waals surface area (Å²) in [6.45, 7) is 3.22. The van der Waals surface area contributed by atoms with Crippen molar-refractivity contribution in [2.45, 2.75) is 38.4 Å². The molecule has 0 aliphatic heterocycles. The largest absolute Gasteiger partial charge is 0.481 e. The number of anilines is 1. The van der Waals surface area contributed by atoms with Gasteiger partial charge in [-0.15, -0.1) is 0 Å². The third kappa shape index (κ3) is 5.98. The number of alkyl halides is 3. The van der Waals surface area contributed by atoms with Gasteiger partial charge >= 0.3 is 18.2 Å². The van der Waals surface area contributed by atoms with Crippen molar-refractivity contribution < 1.29 is 27.9 Å². The maximum atomic E-state index is 12.4. The van der Waals surface area contributed by atoms with Crippen molar-refractivity contribution in [1.82, 2.24) is 10.3 Å². The van der Waals surface area contributed by atoms with Crippen molar-refractivity contribution in [2.75, 3.05) is 5.32 Å². The molecule has 1 rings (SSSR count). The molecular weight excluding hydrogens is 311 g/mol. The zero-order valence-electron chi connectivity index (χ0n) is 11.2. The molecule has 0 saturated heterocycles. The van der Waals surface area contributed by atoms with Gasteiger partial charge < -0.3 is 10.4 Å². The first kappa shape index (κ1) is 17.2. The number of rotatable bonds is 5. The second kappa shape index (κ2) is 6.29. The first-order valence-corrected chi connectivity index (χ1v) is 6.65. The summed E-state index contributed by atoms with van der Waals surface area (Å²) in [5, 5.41) is 13.1. The van der Waals surface area contributed by atoms with Crippen molar-refractivity contribution in [3.8, 4) is 0 Å². The Bertz CT molecular complexity index is 528. The van der Waals surface area contributed by atoms with Gasteiger partial charge in [0, 0.05) is 12.0 Å². The van der Waals surface area contributed by atoms with Gasteiger partial charge in [0.25, 0.3) is 0 Å². The summed E-state index contributed by atoms with van der Waals surface area (Å²) in [6, 6.07) is -0.742. The first-order valence-electron chi connectivity index (χ1n) is 5.83. The summed E-state index contributed by atoms with van der Waals surface area (Å²) >= 11 is 0.310. The number of carbonyl (C=O) groups is 2. The zero-order valence-corrected chi connectivity index (χ0v) is 12.1. The van der Waals surface area contributed by atoms with Crippen LogP contribution in [0, 0.1) is 0 Å². The van der Waals surface area contributed by atoms with E-state index in [1.807, 2.05) is 0 Å². The van der Waals surface area contributed by atoms with E-state index in [9.17, 15) is 22.8 Å². The van der Waals surface area contributed by atoms with Crippen LogP contribution >= 0.6 is 11.3 Å². The number of thiazole rings is 1. The molecule has 0 spiro atoms. The van der Waals surface area contributed by atoms with Crippen LogP contribution in [0.5, 0.6) is 0 Å². The maximum absolute atomic E-state index is 12.4. The Kier molecular flexibility index (Phi) is 5.15. The Labute approximate surface area is 122 Å². The van der Waals surface area contributed by atoms with Crippen LogP contribution in [-0.2, 0) is 11.0 Å². The van der Waals surface area contributed by atoms with Gasteiger partial charge in [-0.1, -0.05) is 11.3 Å². The molecule has 1 aromatic heterocycles. The molecule has 0 atom stereocenters. The number of nitrogens with zero attached hydrogens (tertiary/aromatic N) is 1. The molecule has 21 heavy (non-hydrogen) atoms. The highest BCUT2D eigenvalue weighted by Crippen LogP contribution is 2.34. The summed E-state index contributed by atoms with van der Waals surface area (Å²) in [6.07, 6.45) is -3.82. The molecule has 1 heterocycles. The van der Waals surface area contributed by atoms with E-state index in [4.69, 9.17) is 5.11 Å². The van der Waals surface area contributed by atoms with E-state index in [1.165, 1.54) is 0 Å². The molecule has 1 aromatic rings. The number of aromatic nitrogens is 1. The minimum absolute atomic E-state index is 0.136. The minimum atomic E-state index is -4.51. The first-order chi connectivity index (χ1) is 9.49. The van der Waals surface area contributed by atoms with Crippen LogP contribution in [0.25, 0.3) is 0 Å². The Morgan fingerprint density at radius 1 is 1.38 bits per heavy atom. The van der Waals surface area contributed by atoms with E-state index in [0.717, 1.165) is 0 Å². The lowest BCUT2D eigenvalue weighted by Gasteiger charge is -2.25. The standard InChI is InChI=1S/C11H14F3N3O3S/c1-10(2,4-3-7(18)19)17-8(20)16-9-15-5-6(21-9)11(12,13)14/h5H,3-4H2,1-2H3,(H,18,19)(H2,15,16,17,20). The Morgan fingerprint density at radius 3 is 2.48 bits per heavy atom. The molecule has 10 heteroatoms. The fraction of sp³-hybridized carbons (Fsp3) is 0.545. The highest BCUT2D eigenvalue weighted by molar-refractivity contribution is 7.15. The van der Waals surface area contributed by atoms with Crippen LogP contribution in [0.15, 0.2) is 6.20 Å². The molecule has 2 amide bonds. The van der Waals surface area contributed by atoms with Crippen molar-refractivity contribution in [3.05, 3.63) is 11.1 Å². The molecular formula is C11H14F3N3O3S. The quantitative estimate of drug-likeness (QED) is 0.776. The number of nitrogens with one attached hydrogen (secondary N) is 2. The molecule has 0 fully saturated rings. The number of urea groups is 1. The number of carbonyl (C=O) groups excluding carboxylic acids is 1. The van der Waals surface area contributed by atoms with Crippen LogP contribution < -0.4 is 10.6 Å². The van der Waals surface area contributed by atoms with Crippen molar-refractivity contribution in [3.63, 3.8) is 0 Å². The number of halogens is 3. The lowest BCUT2D eigenvalue weighted by molar-refractivity contribution is -0.137. The van der Waals surface area contributed by atoms with Crippen LogP contribution in [-0.4, -0.2) is 27.6 Å². The molecule has 0 aromatic carbocycles. The third-order valence-corrected chi connectivity index (χ3v) is 3.38. The number of hydrogen-bond donors (Lipinski definition) is 3. The number of carboxylic acid groups (broad SMARTS) is 1. The Balaban J connectivity index is 2.57. The van der Waals surface area contributed by atoms with E-state index < -0.39 is 28.6 Å². The van der Waals surface area contributed by atoms with Crippen molar-refractivity contribution in [1.29, 1.82) is 0 Å². The van der Waals surface area contributed by atoms with Gasteiger partial charge in [0.1, 0.15) is 4.88 Å². The molecule has 0 bridgehead atoms. The predicted octanol–water partition coefficient (Wildman–Crippen LogP) is 2.93. The number of carboxylic acids is 1. The Hall–Kier alpha value is -1.84. The van der Waals surface area contributed by atoms with Gasteiger partial charge in [-0.3, -0.25) is 10.1 Å². The van der Waals surface area contributed by atoms with Crippen LogP contribution in [0.3, 0.4) is 0 Å². The van der Waals surface area contributed by atoms with Crippen LogP contribution in [0.2, 0.25) is 0 Å². The monoisotopic (exact) mass is 325 g/mol. The third-order valence-electron chi connectivity index (χ3n) is 2.42. The van der Waals surface area contributed by atoms with Crippen LogP contribution in [0.1, 0.15) is 31.6 Å². The summed E-state index contributed by atoms with van der Waals surface area (Å²) in [5.41, 5.74) is -0.813. The molecule has 118 valence electrons. The van der Waals surface area contributed by atoms with Gasteiger partial charge in [-0.2, -0.15) is 13.2 Å². The van der Waals surface area contributed by atoms with Crippen molar-refractivity contribution in [2.24, 2.45) is 0 Å². The molecule has 0 aliphatic carbocycles. The molecule has 0 aliphatic rings. The van der Waals surface area contributed by atoms with Gasteiger partial charge in [0.15, 0.2) is 5.13 Å². The molecule has 6 nitrogen and oxygen atoms in total. The summed E-state index contributed by atoms with van der Waals surface area (Å²) in [4.78, 5) is 24.7. The molecule has 3 N–H and O–H groups in total. The average molecular weight is 325 g/mol. The lowest BCUT2D eigenvalue weighted by Crippen LogP contribution is -2.45. The number of amides is 2. The number of aliphatic carboxylic acids is 1. The van der Waals surface area contributed by atoms with E-state index in [1.54, 1.807) is 13.8 Å². The minimum Gasteiger partial charge on any atom is -0.481 e. The maximum Gasteiger partial charge on any atom is 0.427 e. The van der Waals surface area contributed by atoms with E-state index in [2.05, 4.69) is 15.6 Å². The van der Waals surface area contributed by atoms with E-state index >= 15 is 0 Å². The van der Waals surface area contributed by atoms with Crippen molar-refractivity contribution >= 4 is 28.5 Å². The fourth-order valence-corrected chi connectivity index (χ4v) is 2.06. The Morgan fingerprint density at radius 2 is 2.00 bits per heavy atom. The topological polar surface area (TPSA) is 91.3 Å². The van der Waals surface area contributed by atoms with E-state index in [0.29, 0.717) is 17.5 Å². The van der Waals surface area contributed by atoms with Gasteiger partial charge in [0.2, 0.25) is 0 Å². The predicted molar refractivity (Wildman–Crippen MR) is 70.2 cm³/mol. The summed E-state index contributed by atoms with van der Waals surface area (Å²) < 4.78 is 37.1. The summed E-state index contributed by atoms with van der Waals surface area (Å²) in [5.74, 6) is -1.000.